The highest BCUT2D eigenvalue weighted by Gasteiger charge is 2.17. The van der Waals surface area contributed by atoms with E-state index in [2.05, 4.69) is 135 Å². The molecule has 0 atom stereocenters. The lowest BCUT2D eigenvalue weighted by atomic mass is 9.84. The summed E-state index contributed by atoms with van der Waals surface area (Å²) in [4.78, 5) is 0. The molecule has 0 spiro atoms. The van der Waals surface area contributed by atoms with Gasteiger partial charge in [0, 0.05) is 21.3 Å². The van der Waals surface area contributed by atoms with Gasteiger partial charge >= 0.3 is 0 Å². The fourth-order valence-corrected chi connectivity index (χ4v) is 4.10. The van der Waals surface area contributed by atoms with E-state index in [-0.39, 0.29) is 16.2 Å². The third-order valence-electron chi connectivity index (χ3n) is 6.36. The van der Waals surface area contributed by atoms with Gasteiger partial charge in [0.1, 0.15) is 0 Å². The zero-order valence-electron chi connectivity index (χ0n) is 26.8. The number of ether oxygens (including phenoxy) is 3. The molecule has 3 aromatic rings. The molecule has 0 saturated heterocycles. The molecule has 0 heterocycles. The van der Waals surface area contributed by atoms with Crippen LogP contribution in [0, 0.1) is 0 Å². The zero-order valence-corrected chi connectivity index (χ0v) is 26.8. The first-order valence-electron chi connectivity index (χ1n) is 13.9. The molecule has 0 saturated carbocycles. The van der Waals surface area contributed by atoms with Gasteiger partial charge in [0.05, 0.1) is 19.8 Å². The topological polar surface area (TPSA) is 27.7 Å². The third-order valence-corrected chi connectivity index (χ3v) is 6.36. The average Bonchev–Trinajstić information content (AvgIpc) is 2.85. The summed E-state index contributed by atoms with van der Waals surface area (Å²) < 4.78 is 15.3. The Hall–Kier alpha value is -2.46. The molecule has 3 nitrogen and oxygen atoms in total. The lowest BCUT2D eigenvalue weighted by Crippen LogP contribution is -2.14. The maximum absolute atomic E-state index is 5.16. The van der Waals surface area contributed by atoms with Crippen LogP contribution < -0.4 is 0 Å². The fraction of sp³-hybridized carbons (Fsp3) is 0.500. The van der Waals surface area contributed by atoms with Crippen LogP contribution in [0.4, 0.5) is 0 Å². The molecule has 0 N–H and O–H groups in total. The van der Waals surface area contributed by atoms with E-state index in [0.29, 0.717) is 19.8 Å². The minimum absolute atomic E-state index is 0.203. The highest BCUT2D eigenvalue weighted by atomic mass is 16.5. The van der Waals surface area contributed by atoms with Crippen LogP contribution in [0.1, 0.15) is 95.7 Å². The first kappa shape index (κ1) is 34.6. The molecule has 0 unspecified atom stereocenters. The first-order valence-corrected chi connectivity index (χ1v) is 13.9. The third kappa shape index (κ3) is 13.0. The highest BCUT2D eigenvalue weighted by Crippen LogP contribution is 2.26. The Bertz CT molecular complexity index is 1080. The van der Waals surface area contributed by atoms with E-state index < -0.39 is 0 Å². The van der Waals surface area contributed by atoms with Gasteiger partial charge in [-0.2, -0.15) is 0 Å². The fourth-order valence-electron chi connectivity index (χ4n) is 4.10. The van der Waals surface area contributed by atoms with Gasteiger partial charge in [0.2, 0.25) is 0 Å². The van der Waals surface area contributed by atoms with Crippen molar-refractivity contribution in [3.05, 3.63) is 106 Å². The van der Waals surface area contributed by atoms with E-state index in [1.807, 2.05) is 0 Å². The van der Waals surface area contributed by atoms with Crippen molar-refractivity contribution in [2.75, 3.05) is 21.3 Å². The van der Waals surface area contributed by atoms with E-state index in [0.717, 1.165) is 0 Å². The number of benzene rings is 3. The predicted molar refractivity (Wildman–Crippen MR) is 168 cm³/mol. The second-order valence-electron chi connectivity index (χ2n) is 13.1. The summed E-state index contributed by atoms with van der Waals surface area (Å²) in [6.07, 6.45) is 0. The largest absolute Gasteiger partial charge is 0.380 e. The summed E-state index contributed by atoms with van der Waals surface area (Å²) in [6, 6.07) is 25.6. The van der Waals surface area contributed by atoms with Crippen molar-refractivity contribution in [3.8, 4) is 0 Å². The lowest BCUT2D eigenvalue weighted by Gasteiger charge is -2.22. The van der Waals surface area contributed by atoms with Gasteiger partial charge in [0.25, 0.3) is 0 Å². The smallest absolute Gasteiger partial charge is 0.0715 e. The quantitative estimate of drug-likeness (QED) is 0.315. The molecule has 0 bridgehead atoms. The van der Waals surface area contributed by atoms with Crippen LogP contribution in [0.25, 0.3) is 0 Å². The van der Waals surface area contributed by atoms with Crippen LogP contribution in [-0.2, 0) is 50.3 Å². The standard InChI is InChI=1S/3C12H18O/c1-12(2,3)11-7-5-10(6-8-11)9-13-4;1-12(2,3)11-7-5-6-10(8-11)9-13-4;1-12(2,3)11-8-6-5-7-10(11)9-13-4/h3*5-8H,9H2,1-4H3. The van der Waals surface area contributed by atoms with Crippen LogP contribution >= 0.6 is 0 Å². The van der Waals surface area contributed by atoms with Gasteiger partial charge in [-0.05, 0) is 49.6 Å². The van der Waals surface area contributed by atoms with Crippen molar-refractivity contribution in [2.24, 2.45) is 0 Å². The van der Waals surface area contributed by atoms with Crippen molar-refractivity contribution < 1.29 is 14.2 Å². The van der Waals surface area contributed by atoms with Crippen LogP contribution in [0.2, 0.25) is 0 Å². The maximum Gasteiger partial charge on any atom is 0.0715 e. The second kappa shape index (κ2) is 16.0. The minimum atomic E-state index is 0.203. The van der Waals surface area contributed by atoms with E-state index in [1.54, 1.807) is 21.3 Å². The van der Waals surface area contributed by atoms with Gasteiger partial charge in [-0.25, -0.2) is 0 Å². The Kier molecular flexibility index (Phi) is 14.1. The monoisotopic (exact) mass is 534 g/mol. The van der Waals surface area contributed by atoms with Gasteiger partial charge in [-0.15, -0.1) is 0 Å². The number of hydrogen-bond acceptors (Lipinski definition) is 3. The molecule has 0 fully saturated rings. The molecular formula is C36H54O3. The van der Waals surface area contributed by atoms with E-state index >= 15 is 0 Å². The van der Waals surface area contributed by atoms with Crippen LogP contribution in [-0.4, -0.2) is 21.3 Å². The molecule has 0 radical (unpaired) electrons. The van der Waals surface area contributed by atoms with Crippen molar-refractivity contribution in [3.63, 3.8) is 0 Å². The maximum atomic E-state index is 5.16. The summed E-state index contributed by atoms with van der Waals surface area (Å²) in [7, 11) is 5.18. The summed E-state index contributed by atoms with van der Waals surface area (Å²) in [5.41, 5.74) is 8.54. The molecule has 0 aliphatic heterocycles. The summed E-state index contributed by atoms with van der Waals surface area (Å²) in [5, 5.41) is 0. The zero-order chi connectivity index (χ0) is 29.7. The molecular weight excluding hydrogens is 480 g/mol. The number of hydrogen-bond donors (Lipinski definition) is 0. The summed E-state index contributed by atoms with van der Waals surface area (Å²) in [5.74, 6) is 0. The minimum Gasteiger partial charge on any atom is -0.380 e. The molecule has 3 aromatic carbocycles. The Morgan fingerprint density at radius 1 is 0.462 bits per heavy atom. The molecule has 3 rings (SSSR count). The number of methoxy groups -OCH3 is 3. The van der Waals surface area contributed by atoms with Crippen LogP contribution in [0.15, 0.2) is 72.8 Å². The SMILES string of the molecule is COCc1ccc(C(C)(C)C)cc1.COCc1cccc(C(C)(C)C)c1.COCc1ccccc1C(C)(C)C. The Morgan fingerprint density at radius 2 is 0.974 bits per heavy atom. The first-order chi connectivity index (χ1) is 18.1. The molecule has 216 valence electrons. The van der Waals surface area contributed by atoms with E-state index in [9.17, 15) is 0 Å². The van der Waals surface area contributed by atoms with Crippen LogP contribution in [0.5, 0.6) is 0 Å². The van der Waals surface area contributed by atoms with Crippen molar-refractivity contribution in [2.45, 2.75) is 98.4 Å². The summed E-state index contributed by atoms with van der Waals surface area (Å²) >= 11 is 0. The Morgan fingerprint density at radius 3 is 1.46 bits per heavy atom. The summed E-state index contributed by atoms with van der Waals surface area (Å²) in [6.45, 7) is 22.1. The lowest BCUT2D eigenvalue weighted by molar-refractivity contribution is 0.183. The predicted octanol–water partition coefficient (Wildman–Crippen LogP) is 9.39. The van der Waals surface area contributed by atoms with Crippen molar-refractivity contribution in [1.29, 1.82) is 0 Å². The Labute approximate surface area is 239 Å². The molecule has 3 heteroatoms. The molecule has 0 aliphatic carbocycles. The molecule has 0 amide bonds. The highest BCUT2D eigenvalue weighted by molar-refractivity contribution is 5.32. The molecule has 39 heavy (non-hydrogen) atoms. The van der Waals surface area contributed by atoms with Crippen LogP contribution in [0.3, 0.4) is 0 Å². The second-order valence-corrected chi connectivity index (χ2v) is 13.1. The molecule has 0 aromatic heterocycles. The van der Waals surface area contributed by atoms with E-state index in [1.165, 1.54) is 33.4 Å². The van der Waals surface area contributed by atoms with Gasteiger partial charge < -0.3 is 14.2 Å². The van der Waals surface area contributed by atoms with E-state index in [4.69, 9.17) is 14.2 Å². The van der Waals surface area contributed by atoms with Crippen molar-refractivity contribution >= 4 is 0 Å². The average molecular weight is 535 g/mol. The van der Waals surface area contributed by atoms with Gasteiger partial charge in [0.15, 0.2) is 0 Å². The Balaban J connectivity index is 0.000000292. The number of rotatable bonds is 6. The van der Waals surface area contributed by atoms with Gasteiger partial charge in [-0.3, -0.25) is 0 Å². The van der Waals surface area contributed by atoms with Gasteiger partial charge in [-0.1, -0.05) is 135 Å². The normalized spacial score (nSPS) is 11.7. The van der Waals surface area contributed by atoms with Crippen molar-refractivity contribution in [1.82, 2.24) is 0 Å². The molecule has 0 aliphatic rings.